The van der Waals surface area contributed by atoms with E-state index in [0.717, 1.165) is 24.3 Å². The summed E-state index contributed by atoms with van der Waals surface area (Å²) in [6.45, 7) is 0. The zero-order chi connectivity index (χ0) is 14.5. The van der Waals surface area contributed by atoms with Crippen LogP contribution in [0.25, 0.3) is 0 Å². The predicted molar refractivity (Wildman–Crippen MR) is 78.7 cm³/mol. The minimum Gasteiger partial charge on any atom is -0.348 e. The van der Waals surface area contributed by atoms with E-state index >= 15 is 0 Å². The third kappa shape index (κ3) is 3.40. The number of nitrogens with one attached hydrogen (secondary N) is 2. The molecule has 1 aromatic rings. The van der Waals surface area contributed by atoms with Gasteiger partial charge in [0.05, 0.1) is 4.92 Å². The Morgan fingerprint density at radius 2 is 2.30 bits per heavy atom. The highest BCUT2D eigenvalue weighted by Crippen LogP contribution is 2.25. The van der Waals surface area contributed by atoms with Crippen molar-refractivity contribution in [2.24, 2.45) is 5.84 Å². The molecule has 0 aliphatic carbocycles. The molecule has 0 radical (unpaired) electrons. The second kappa shape index (κ2) is 6.58. The number of rotatable bonds is 4. The van der Waals surface area contributed by atoms with E-state index in [4.69, 9.17) is 5.84 Å². The summed E-state index contributed by atoms with van der Waals surface area (Å²) in [5.41, 5.74) is 2.49. The maximum atomic E-state index is 12.1. The zero-order valence-corrected chi connectivity index (χ0v) is 11.6. The first-order chi connectivity index (χ1) is 9.61. The lowest BCUT2D eigenvalue weighted by Crippen LogP contribution is -2.38. The number of thioether (sulfide) groups is 1. The van der Waals surface area contributed by atoms with Crippen molar-refractivity contribution in [3.8, 4) is 0 Å². The summed E-state index contributed by atoms with van der Waals surface area (Å²) in [6.07, 6.45) is 2.02. The molecule has 0 aromatic heterocycles. The molecule has 1 saturated heterocycles. The van der Waals surface area contributed by atoms with Crippen molar-refractivity contribution in [2.75, 3.05) is 16.9 Å². The molecule has 0 spiro atoms. The Hall–Kier alpha value is -1.80. The van der Waals surface area contributed by atoms with Crippen molar-refractivity contribution >= 4 is 29.0 Å². The highest BCUT2D eigenvalue weighted by Gasteiger charge is 2.20. The van der Waals surface area contributed by atoms with Crippen LogP contribution in [0.1, 0.15) is 23.2 Å². The van der Waals surface area contributed by atoms with E-state index in [1.807, 2.05) is 0 Å². The first-order valence-corrected chi connectivity index (χ1v) is 7.41. The molecule has 1 unspecified atom stereocenters. The summed E-state index contributed by atoms with van der Waals surface area (Å²) in [4.78, 5) is 22.4. The highest BCUT2D eigenvalue weighted by molar-refractivity contribution is 7.99. The maximum Gasteiger partial charge on any atom is 0.294 e. The van der Waals surface area contributed by atoms with Crippen molar-refractivity contribution in [3.63, 3.8) is 0 Å². The molecule has 8 heteroatoms. The Bertz CT molecular complexity index is 517. The third-order valence-electron chi connectivity index (χ3n) is 3.11. The molecular formula is C12H16N4O3S. The number of hydrazine groups is 1. The number of carbonyl (C=O) groups is 1. The number of nitrogens with zero attached hydrogens (tertiary/aromatic N) is 1. The van der Waals surface area contributed by atoms with Crippen LogP contribution in [0.4, 0.5) is 11.4 Å². The second-order valence-corrected chi connectivity index (χ2v) is 5.67. The molecule has 108 valence electrons. The van der Waals surface area contributed by atoms with Crippen molar-refractivity contribution in [3.05, 3.63) is 33.9 Å². The Morgan fingerprint density at radius 3 is 2.90 bits per heavy atom. The van der Waals surface area contributed by atoms with Crippen molar-refractivity contribution < 1.29 is 9.72 Å². The normalized spacial score (nSPS) is 18.4. The number of anilines is 1. The van der Waals surface area contributed by atoms with Crippen LogP contribution in [-0.2, 0) is 0 Å². The van der Waals surface area contributed by atoms with Crippen LogP contribution in [0.2, 0.25) is 0 Å². The van der Waals surface area contributed by atoms with Gasteiger partial charge in [0.2, 0.25) is 0 Å². The van der Waals surface area contributed by atoms with Crippen LogP contribution < -0.4 is 16.6 Å². The Kier molecular flexibility index (Phi) is 4.80. The minimum atomic E-state index is -0.567. The molecule has 1 aromatic carbocycles. The van der Waals surface area contributed by atoms with Crippen LogP contribution in [0, 0.1) is 10.1 Å². The van der Waals surface area contributed by atoms with Gasteiger partial charge in [0.25, 0.3) is 11.6 Å². The Labute approximate surface area is 120 Å². The summed E-state index contributed by atoms with van der Waals surface area (Å²) >= 11 is 1.80. The number of hydrogen-bond acceptors (Lipinski definition) is 6. The number of hydrogen-bond donors (Lipinski definition) is 3. The third-order valence-corrected chi connectivity index (χ3v) is 4.32. The molecule has 1 fully saturated rings. The maximum absolute atomic E-state index is 12.1. The van der Waals surface area contributed by atoms with Gasteiger partial charge in [-0.1, -0.05) is 0 Å². The minimum absolute atomic E-state index is 0.132. The molecule has 2 rings (SSSR count). The molecule has 1 amide bonds. The van der Waals surface area contributed by atoms with Gasteiger partial charge in [-0.15, -0.1) is 0 Å². The average Bonchev–Trinajstić information content (AvgIpc) is 2.47. The van der Waals surface area contributed by atoms with E-state index in [0.29, 0.717) is 0 Å². The second-order valence-electron chi connectivity index (χ2n) is 4.52. The summed E-state index contributed by atoms with van der Waals surface area (Å²) in [5, 5.41) is 13.8. The lowest BCUT2D eigenvalue weighted by atomic mass is 10.1. The van der Waals surface area contributed by atoms with Crippen LogP contribution in [0.15, 0.2) is 18.2 Å². The van der Waals surface area contributed by atoms with Gasteiger partial charge in [-0.25, -0.2) is 0 Å². The molecule has 0 bridgehead atoms. The highest BCUT2D eigenvalue weighted by atomic mass is 32.2. The van der Waals surface area contributed by atoms with Crippen molar-refractivity contribution in [2.45, 2.75) is 18.9 Å². The fourth-order valence-electron chi connectivity index (χ4n) is 2.07. The van der Waals surface area contributed by atoms with E-state index in [9.17, 15) is 14.9 Å². The van der Waals surface area contributed by atoms with E-state index in [1.54, 1.807) is 11.8 Å². The van der Waals surface area contributed by atoms with E-state index in [-0.39, 0.29) is 28.9 Å². The largest absolute Gasteiger partial charge is 0.348 e. The number of nitro groups is 1. The van der Waals surface area contributed by atoms with Crippen LogP contribution in [0.5, 0.6) is 0 Å². The lowest BCUT2D eigenvalue weighted by Gasteiger charge is -2.22. The molecule has 7 nitrogen and oxygen atoms in total. The molecule has 1 heterocycles. The predicted octanol–water partition coefficient (Wildman–Crippen LogP) is 1.51. The molecule has 1 aliphatic rings. The molecule has 20 heavy (non-hydrogen) atoms. The molecule has 1 atom stereocenters. The summed E-state index contributed by atoms with van der Waals surface area (Å²) in [6, 6.07) is 4.32. The topological polar surface area (TPSA) is 110 Å². The fourth-order valence-corrected chi connectivity index (χ4v) is 3.14. The molecule has 0 saturated carbocycles. The van der Waals surface area contributed by atoms with Gasteiger partial charge in [-0.3, -0.25) is 20.8 Å². The Balaban J connectivity index is 2.13. The first kappa shape index (κ1) is 14.6. The first-order valence-electron chi connectivity index (χ1n) is 6.25. The van der Waals surface area contributed by atoms with E-state index in [1.165, 1.54) is 18.2 Å². The fraction of sp³-hybridized carbons (Fsp3) is 0.417. The average molecular weight is 296 g/mol. The standard InChI is InChI=1S/C12H16N4O3S/c13-15-10-4-3-8(6-11(10)16(18)19)12(17)14-9-2-1-5-20-7-9/h3-4,6,9,15H,1-2,5,7,13H2,(H,14,17). The number of carbonyl (C=O) groups excluding carboxylic acids is 1. The molecule has 4 N–H and O–H groups in total. The quantitative estimate of drug-likeness (QED) is 0.441. The number of nitrogens with two attached hydrogens (primary N) is 1. The van der Waals surface area contributed by atoms with Gasteiger partial charge < -0.3 is 10.7 Å². The van der Waals surface area contributed by atoms with E-state index < -0.39 is 4.92 Å². The van der Waals surface area contributed by atoms with Gasteiger partial charge in [0.1, 0.15) is 5.69 Å². The van der Waals surface area contributed by atoms with Crippen LogP contribution in [0.3, 0.4) is 0 Å². The van der Waals surface area contributed by atoms with Gasteiger partial charge in [0.15, 0.2) is 0 Å². The Morgan fingerprint density at radius 1 is 1.50 bits per heavy atom. The summed E-state index contributed by atoms with van der Waals surface area (Å²) < 4.78 is 0. The number of nitro benzene ring substituents is 1. The zero-order valence-electron chi connectivity index (χ0n) is 10.8. The van der Waals surface area contributed by atoms with Crippen molar-refractivity contribution in [1.82, 2.24) is 5.32 Å². The van der Waals surface area contributed by atoms with Crippen LogP contribution >= 0.6 is 11.8 Å². The van der Waals surface area contributed by atoms with Gasteiger partial charge in [0, 0.05) is 23.4 Å². The SMILES string of the molecule is NNc1ccc(C(=O)NC2CCCSC2)cc1[N+](=O)[O-]. The monoisotopic (exact) mass is 296 g/mol. The van der Waals surface area contributed by atoms with Crippen LogP contribution in [-0.4, -0.2) is 28.4 Å². The van der Waals surface area contributed by atoms with E-state index in [2.05, 4.69) is 10.7 Å². The van der Waals surface area contributed by atoms with Gasteiger partial charge in [-0.2, -0.15) is 11.8 Å². The van der Waals surface area contributed by atoms with Gasteiger partial charge in [-0.05, 0) is 30.7 Å². The molecular weight excluding hydrogens is 280 g/mol. The lowest BCUT2D eigenvalue weighted by molar-refractivity contribution is -0.384. The smallest absolute Gasteiger partial charge is 0.294 e. The van der Waals surface area contributed by atoms with Gasteiger partial charge >= 0.3 is 0 Å². The molecule has 1 aliphatic heterocycles. The number of amides is 1. The number of nitrogen functional groups attached to an aromatic ring is 1. The number of benzene rings is 1. The summed E-state index contributed by atoms with van der Waals surface area (Å²) in [7, 11) is 0. The summed E-state index contributed by atoms with van der Waals surface area (Å²) in [5.74, 6) is 6.92. The van der Waals surface area contributed by atoms with Crippen molar-refractivity contribution in [1.29, 1.82) is 0 Å².